The second-order valence-electron chi connectivity index (χ2n) is 5.58. The summed E-state index contributed by atoms with van der Waals surface area (Å²) in [5.74, 6) is 2.21. The normalized spacial score (nSPS) is 14.0. The van der Waals surface area contributed by atoms with Gasteiger partial charge in [0, 0.05) is 29.2 Å². The molecule has 0 aliphatic carbocycles. The zero-order chi connectivity index (χ0) is 16.8. The fourth-order valence-electron chi connectivity index (χ4n) is 2.49. The van der Waals surface area contributed by atoms with Gasteiger partial charge in [0.1, 0.15) is 13.2 Å². The summed E-state index contributed by atoms with van der Waals surface area (Å²) in [6, 6.07) is 15.8. The van der Waals surface area contributed by atoms with Crippen molar-refractivity contribution < 1.29 is 14.3 Å². The summed E-state index contributed by atoms with van der Waals surface area (Å²) < 4.78 is 11.0. The standard InChI is InChI=1S/C19H21NO3S/c1-14(15-5-3-2-4-6-15)24-12-9-19(21)20-16-7-8-17-18(13-16)23-11-10-22-17/h2-8,13-14H,9-12H2,1H3,(H,20,21). The molecule has 0 bridgehead atoms. The molecule has 1 atom stereocenters. The Morgan fingerprint density at radius 1 is 1.12 bits per heavy atom. The Labute approximate surface area is 146 Å². The third-order valence-corrected chi connectivity index (χ3v) is 5.00. The van der Waals surface area contributed by atoms with Crippen LogP contribution in [0, 0.1) is 0 Å². The number of rotatable bonds is 6. The number of amides is 1. The zero-order valence-electron chi connectivity index (χ0n) is 13.7. The molecule has 2 aromatic carbocycles. The molecular formula is C19H21NO3S. The van der Waals surface area contributed by atoms with Crippen molar-refractivity contribution in [3.63, 3.8) is 0 Å². The molecule has 1 aliphatic rings. The number of anilines is 1. The summed E-state index contributed by atoms with van der Waals surface area (Å²) >= 11 is 1.79. The summed E-state index contributed by atoms with van der Waals surface area (Å²) in [5, 5.41) is 3.30. The second-order valence-corrected chi connectivity index (χ2v) is 7.03. The average Bonchev–Trinajstić information content (AvgIpc) is 2.62. The van der Waals surface area contributed by atoms with Crippen LogP contribution in [0.4, 0.5) is 5.69 Å². The van der Waals surface area contributed by atoms with Crippen LogP contribution in [-0.4, -0.2) is 24.9 Å². The van der Waals surface area contributed by atoms with Crippen LogP contribution in [0.3, 0.4) is 0 Å². The number of benzene rings is 2. The second kappa shape index (κ2) is 8.11. The molecule has 0 saturated carbocycles. The zero-order valence-corrected chi connectivity index (χ0v) is 14.5. The van der Waals surface area contributed by atoms with E-state index in [2.05, 4.69) is 24.4 Å². The third kappa shape index (κ3) is 4.45. The Morgan fingerprint density at radius 2 is 1.88 bits per heavy atom. The molecule has 1 heterocycles. The van der Waals surface area contributed by atoms with Crippen LogP contribution in [0.25, 0.3) is 0 Å². The van der Waals surface area contributed by atoms with Crippen LogP contribution in [0.5, 0.6) is 11.5 Å². The van der Waals surface area contributed by atoms with Crippen molar-refractivity contribution >= 4 is 23.4 Å². The first-order valence-corrected chi connectivity index (χ1v) is 9.13. The summed E-state index contributed by atoms with van der Waals surface area (Å²) in [7, 11) is 0. The van der Waals surface area contributed by atoms with Crippen LogP contribution in [-0.2, 0) is 4.79 Å². The van der Waals surface area contributed by atoms with E-state index < -0.39 is 0 Å². The van der Waals surface area contributed by atoms with E-state index in [1.54, 1.807) is 11.8 Å². The molecule has 1 amide bonds. The number of carbonyl (C=O) groups is 1. The number of hydrogen-bond donors (Lipinski definition) is 1. The van der Waals surface area contributed by atoms with E-state index in [9.17, 15) is 4.79 Å². The van der Waals surface area contributed by atoms with E-state index in [-0.39, 0.29) is 5.91 Å². The van der Waals surface area contributed by atoms with Gasteiger partial charge >= 0.3 is 0 Å². The third-order valence-electron chi connectivity index (χ3n) is 3.79. The number of ether oxygens (including phenoxy) is 2. The lowest BCUT2D eigenvalue weighted by Gasteiger charge is -2.19. The van der Waals surface area contributed by atoms with E-state index in [1.807, 2.05) is 36.4 Å². The van der Waals surface area contributed by atoms with Gasteiger partial charge in [-0.3, -0.25) is 4.79 Å². The molecule has 2 aromatic rings. The van der Waals surface area contributed by atoms with Crippen molar-refractivity contribution in [2.45, 2.75) is 18.6 Å². The Hall–Kier alpha value is -2.14. The van der Waals surface area contributed by atoms with Gasteiger partial charge in [-0.05, 0) is 24.6 Å². The van der Waals surface area contributed by atoms with Crippen LogP contribution in [0.1, 0.15) is 24.2 Å². The summed E-state index contributed by atoms with van der Waals surface area (Å²) in [6.45, 7) is 3.27. The predicted octanol–water partition coefficient (Wildman–Crippen LogP) is 4.28. The fourth-order valence-corrected chi connectivity index (χ4v) is 3.50. The lowest BCUT2D eigenvalue weighted by molar-refractivity contribution is -0.115. The first kappa shape index (κ1) is 16.7. The number of fused-ring (bicyclic) bond motifs is 1. The molecule has 0 fully saturated rings. The Morgan fingerprint density at radius 3 is 2.67 bits per heavy atom. The van der Waals surface area contributed by atoms with E-state index in [0.717, 1.165) is 17.2 Å². The molecule has 0 radical (unpaired) electrons. The van der Waals surface area contributed by atoms with Gasteiger partial charge in [-0.2, -0.15) is 11.8 Å². The molecule has 1 aliphatic heterocycles. The van der Waals surface area contributed by atoms with Crippen LogP contribution in [0.15, 0.2) is 48.5 Å². The van der Waals surface area contributed by atoms with E-state index in [4.69, 9.17) is 9.47 Å². The highest BCUT2D eigenvalue weighted by molar-refractivity contribution is 7.99. The molecule has 126 valence electrons. The molecule has 0 aromatic heterocycles. The number of carbonyl (C=O) groups excluding carboxylic acids is 1. The SMILES string of the molecule is CC(SCCC(=O)Nc1ccc2c(c1)OCCO2)c1ccccc1. The first-order valence-electron chi connectivity index (χ1n) is 8.08. The summed E-state index contributed by atoms with van der Waals surface area (Å²) in [5.41, 5.74) is 2.03. The quantitative estimate of drug-likeness (QED) is 0.850. The van der Waals surface area contributed by atoms with Gasteiger partial charge in [0.15, 0.2) is 11.5 Å². The van der Waals surface area contributed by atoms with Gasteiger partial charge in [-0.15, -0.1) is 0 Å². The Bertz CT molecular complexity index is 690. The van der Waals surface area contributed by atoms with E-state index >= 15 is 0 Å². The molecule has 1 unspecified atom stereocenters. The maximum atomic E-state index is 12.1. The smallest absolute Gasteiger partial charge is 0.225 e. The fraction of sp³-hybridized carbons (Fsp3) is 0.316. The maximum Gasteiger partial charge on any atom is 0.225 e. The minimum atomic E-state index is 0.0134. The van der Waals surface area contributed by atoms with Gasteiger partial charge in [-0.1, -0.05) is 30.3 Å². The minimum absolute atomic E-state index is 0.0134. The van der Waals surface area contributed by atoms with Crippen LogP contribution >= 0.6 is 11.8 Å². The first-order chi connectivity index (χ1) is 11.7. The number of hydrogen-bond acceptors (Lipinski definition) is 4. The summed E-state index contributed by atoms with van der Waals surface area (Å²) in [4.78, 5) is 12.1. The van der Waals surface area contributed by atoms with Crippen molar-refractivity contribution in [2.75, 3.05) is 24.3 Å². The monoisotopic (exact) mass is 343 g/mol. The highest BCUT2D eigenvalue weighted by Crippen LogP contribution is 2.33. The van der Waals surface area contributed by atoms with Crippen molar-refractivity contribution in [3.8, 4) is 11.5 Å². The van der Waals surface area contributed by atoms with Gasteiger partial charge in [0.25, 0.3) is 0 Å². The molecule has 24 heavy (non-hydrogen) atoms. The van der Waals surface area contributed by atoms with E-state index in [1.165, 1.54) is 5.56 Å². The van der Waals surface area contributed by atoms with Gasteiger partial charge < -0.3 is 14.8 Å². The Kier molecular flexibility index (Phi) is 5.64. The molecule has 5 heteroatoms. The maximum absolute atomic E-state index is 12.1. The highest BCUT2D eigenvalue weighted by atomic mass is 32.2. The van der Waals surface area contributed by atoms with Crippen molar-refractivity contribution in [3.05, 3.63) is 54.1 Å². The van der Waals surface area contributed by atoms with Crippen molar-refractivity contribution in [1.82, 2.24) is 0 Å². The molecule has 0 spiro atoms. The minimum Gasteiger partial charge on any atom is -0.486 e. The predicted molar refractivity (Wildman–Crippen MR) is 98.0 cm³/mol. The molecule has 3 rings (SSSR count). The molecule has 0 saturated heterocycles. The number of nitrogens with one attached hydrogen (secondary N) is 1. The van der Waals surface area contributed by atoms with Crippen LogP contribution < -0.4 is 14.8 Å². The van der Waals surface area contributed by atoms with Crippen molar-refractivity contribution in [1.29, 1.82) is 0 Å². The molecule has 4 nitrogen and oxygen atoms in total. The largest absolute Gasteiger partial charge is 0.486 e. The summed E-state index contributed by atoms with van der Waals surface area (Å²) in [6.07, 6.45) is 0.482. The van der Waals surface area contributed by atoms with Gasteiger partial charge in [0.05, 0.1) is 0 Å². The lowest BCUT2D eigenvalue weighted by atomic mass is 10.2. The highest BCUT2D eigenvalue weighted by Gasteiger charge is 2.13. The molecule has 1 N–H and O–H groups in total. The van der Waals surface area contributed by atoms with E-state index in [0.29, 0.717) is 30.6 Å². The van der Waals surface area contributed by atoms with Crippen molar-refractivity contribution in [2.24, 2.45) is 0 Å². The average molecular weight is 343 g/mol. The Balaban J connectivity index is 1.46. The molecular weight excluding hydrogens is 322 g/mol. The number of thioether (sulfide) groups is 1. The van der Waals surface area contributed by atoms with Gasteiger partial charge in [0.2, 0.25) is 5.91 Å². The van der Waals surface area contributed by atoms with Gasteiger partial charge in [-0.25, -0.2) is 0 Å². The topological polar surface area (TPSA) is 47.6 Å². The lowest BCUT2D eigenvalue weighted by Crippen LogP contribution is -2.16. The van der Waals surface area contributed by atoms with Crippen LogP contribution in [0.2, 0.25) is 0 Å².